The van der Waals surface area contributed by atoms with Gasteiger partial charge in [-0.3, -0.25) is 4.99 Å². The van der Waals surface area contributed by atoms with E-state index in [1.54, 1.807) is 6.92 Å². The van der Waals surface area contributed by atoms with Crippen molar-refractivity contribution in [3.8, 4) is 0 Å². The molecule has 0 amide bonds. The minimum absolute atomic E-state index is 0.223. The van der Waals surface area contributed by atoms with Gasteiger partial charge in [-0.15, -0.1) is 0 Å². The zero-order chi connectivity index (χ0) is 15.8. The molecule has 2 aromatic carbocycles. The molecular weight excluding hydrogens is 274 g/mol. The summed E-state index contributed by atoms with van der Waals surface area (Å²) in [6.45, 7) is 2.68. The lowest BCUT2D eigenvalue weighted by Gasteiger charge is -2.21. The molecule has 0 spiro atoms. The minimum Gasteiger partial charge on any atom is -0.384 e. The second-order valence-electron chi connectivity index (χ2n) is 5.50. The molecule has 4 heteroatoms. The molecule has 0 bridgehead atoms. The topological polar surface area (TPSA) is 70.6 Å². The van der Waals surface area contributed by atoms with Crippen molar-refractivity contribution in [2.75, 3.05) is 13.1 Å². The number of hydrogen-bond donors (Lipinski definition) is 3. The fraction of sp³-hybridized carbons (Fsp3) is 0.278. The van der Waals surface area contributed by atoms with E-state index in [1.807, 2.05) is 48.5 Å². The van der Waals surface area contributed by atoms with Gasteiger partial charge in [0.2, 0.25) is 0 Å². The maximum absolute atomic E-state index is 10.4. The van der Waals surface area contributed by atoms with Crippen LogP contribution in [-0.4, -0.2) is 24.2 Å². The zero-order valence-corrected chi connectivity index (χ0v) is 12.9. The molecule has 116 valence electrons. The van der Waals surface area contributed by atoms with Gasteiger partial charge in [-0.1, -0.05) is 60.7 Å². The van der Waals surface area contributed by atoms with E-state index in [0.29, 0.717) is 12.5 Å². The summed E-state index contributed by atoms with van der Waals surface area (Å²) >= 11 is 0. The molecule has 0 aliphatic heterocycles. The maximum Gasteiger partial charge on any atom is 0.188 e. The molecule has 0 aliphatic carbocycles. The molecule has 22 heavy (non-hydrogen) atoms. The van der Waals surface area contributed by atoms with Crippen molar-refractivity contribution in [2.45, 2.75) is 18.9 Å². The SMILES string of the molecule is CC(O)(CN=C(N)NCCc1ccccc1)c1ccccc1. The normalized spacial score (nSPS) is 14.4. The van der Waals surface area contributed by atoms with Gasteiger partial charge in [-0.25, -0.2) is 0 Å². The van der Waals surface area contributed by atoms with Gasteiger partial charge in [0, 0.05) is 6.54 Å². The number of aliphatic imine (C=N–C) groups is 1. The molecule has 0 aliphatic rings. The average Bonchev–Trinajstić information content (AvgIpc) is 2.55. The Bertz CT molecular complexity index is 594. The van der Waals surface area contributed by atoms with Gasteiger partial charge < -0.3 is 16.2 Å². The van der Waals surface area contributed by atoms with Crippen molar-refractivity contribution in [3.05, 3.63) is 71.8 Å². The molecule has 1 unspecified atom stereocenters. The third-order valence-electron chi connectivity index (χ3n) is 3.52. The molecule has 0 aromatic heterocycles. The Kier molecular flexibility index (Phi) is 5.55. The standard InChI is InChI=1S/C18H23N3O/c1-18(22,16-10-6-3-7-11-16)14-21-17(19)20-13-12-15-8-4-2-5-9-15/h2-11,22H,12-14H2,1H3,(H3,19,20,21). The third kappa shape index (κ3) is 4.90. The van der Waals surface area contributed by atoms with E-state index in [4.69, 9.17) is 5.73 Å². The molecule has 0 radical (unpaired) electrons. The van der Waals surface area contributed by atoms with Crippen LogP contribution in [0.1, 0.15) is 18.1 Å². The van der Waals surface area contributed by atoms with Gasteiger partial charge in [0.15, 0.2) is 5.96 Å². The molecule has 0 saturated heterocycles. The summed E-state index contributed by atoms with van der Waals surface area (Å²) in [7, 11) is 0. The summed E-state index contributed by atoms with van der Waals surface area (Å²) in [5.41, 5.74) is 6.91. The number of nitrogens with zero attached hydrogens (tertiary/aromatic N) is 1. The van der Waals surface area contributed by atoms with Gasteiger partial charge in [-0.05, 0) is 24.5 Å². The van der Waals surface area contributed by atoms with Crippen LogP contribution in [-0.2, 0) is 12.0 Å². The van der Waals surface area contributed by atoms with E-state index < -0.39 is 5.60 Å². The van der Waals surface area contributed by atoms with Crippen molar-refractivity contribution in [1.29, 1.82) is 0 Å². The largest absolute Gasteiger partial charge is 0.384 e. The van der Waals surface area contributed by atoms with Crippen LogP contribution in [0.5, 0.6) is 0 Å². The fourth-order valence-electron chi connectivity index (χ4n) is 2.16. The molecule has 4 nitrogen and oxygen atoms in total. The Balaban J connectivity index is 1.82. The number of benzene rings is 2. The molecule has 0 saturated carbocycles. The van der Waals surface area contributed by atoms with E-state index in [9.17, 15) is 5.11 Å². The smallest absolute Gasteiger partial charge is 0.188 e. The first-order valence-electron chi connectivity index (χ1n) is 7.43. The first kappa shape index (κ1) is 16.0. The van der Waals surface area contributed by atoms with Crippen molar-refractivity contribution < 1.29 is 5.11 Å². The number of guanidine groups is 1. The fourth-order valence-corrected chi connectivity index (χ4v) is 2.16. The van der Waals surface area contributed by atoms with Crippen LogP contribution in [0.2, 0.25) is 0 Å². The maximum atomic E-state index is 10.4. The van der Waals surface area contributed by atoms with E-state index >= 15 is 0 Å². The highest BCUT2D eigenvalue weighted by atomic mass is 16.3. The first-order valence-corrected chi connectivity index (χ1v) is 7.43. The number of hydrogen-bond acceptors (Lipinski definition) is 2. The molecular formula is C18H23N3O. The van der Waals surface area contributed by atoms with Crippen molar-refractivity contribution in [2.24, 2.45) is 10.7 Å². The Hall–Kier alpha value is -2.33. The predicted molar refractivity (Wildman–Crippen MR) is 90.7 cm³/mol. The zero-order valence-electron chi connectivity index (χ0n) is 12.9. The summed E-state index contributed by atoms with van der Waals surface area (Å²) in [6.07, 6.45) is 0.881. The Morgan fingerprint density at radius 2 is 1.68 bits per heavy atom. The highest BCUT2D eigenvalue weighted by molar-refractivity contribution is 5.77. The van der Waals surface area contributed by atoms with Crippen LogP contribution in [0.4, 0.5) is 0 Å². The van der Waals surface area contributed by atoms with Gasteiger partial charge in [0.05, 0.1) is 6.54 Å². The second-order valence-corrected chi connectivity index (χ2v) is 5.50. The Morgan fingerprint density at radius 3 is 2.32 bits per heavy atom. The highest BCUT2D eigenvalue weighted by Gasteiger charge is 2.22. The number of rotatable bonds is 6. The van der Waals surface area contributed by atoms with Gasteiger partial charge >= 0.3 is 0 Å². The molecule has 4 N–H and O–H groups in total. The van der Waals surface area contributed by atoms with E-state index in [-0.39, 0.29) is 6.54 Å². The Morgan fingerprint density at radius 1 is 1.09 bits per heavy atom. The molecule has 2 aromatic rings. The van der Waals surface area contributed by atoms with Crippen LogP contribution in [0.25, 0.3) is 0 Å². The first-order chi connectivity index (χ1) is 10.6. The van der Waals surface area contributed by atoms with Crippen molar-refractivity contribution in [1.82, 2.24) is 5.32 Å². The van der Waals surface area contributed by atoms with Gasteiger partial charge in [0.1, 0.15) is 5.60 Å². The third-order valence-corrected chi connectivity index (χ3v) is 3.52. The lowest BCUT2D eigenvalue weighted by atomic mass is 9.96. The Labute approximate surface area is 131 Å². The number of nitrogens with one attached hydrogen (secondary N) is 1. The second kappa shape index (κ2) is 7.61. The summed E-state index contributed by atoms with van der Waals surface area (Å²) in [5.74, 6) is 0.354. The summed E-state index contributed by atoms with van der Waals surface area (Å²) < 4.78 is 0. The van der Waals surface area contributed by atoms with Crippen LogP contribution < -0.4 is 11.1 Å². The highest BCUT2D eigenvalue weighted by Crippen LogP contribution is 2.20. The average molecular weight is 297 g/mol. The monoisotopic (exact) mass is 297 g/mol. The van der Waals surface area contributed by atoms with Gasteiger partial charge in [0.25, 0.3) is 0 Å². The van der Waals surface area contributed by atoms with E-state index in [1.165, 1.54) is 5.56 Å². The number of nitrogens with two attached hydrogens (primary N) is 1. The molecule has 0 heterocycles. The van der Waals surface area contributed by atoms with Crippen LogP contribution >= 0.6 is 0 Å². The van der Waals surface area contributed by atoms with Crippen molar-refractivity contribution >= 4 is 5.96 Å². The number of aliphatic hydroxyl groups is 1. The van der Waals surface area contributed by atoms with Crippen LogP contribution in [0.15, 0.2) is 65.7 Å². The molecule has 0 fully saturated rings. The van der Waals surface area contributed by atoms with Gasteiger partial charge in [-0.2, -0.15) is 0 Å². The van der Waals surface area contributed by atoms with Crippen LogP contribution in [0.3, 0.4) is 0 Å². The summed E-state index contributed by atoms with van der Waals surface area (Å²) in [6, 6.07) is 19.7. The minimum atomic E-state index is -1.02. The molecule has 1 atom stereocenters. The lowest BCUT2D eigenvalue weighted by molar-refractivity contribution is 0.0673. The quantitative estimate of drug-likeness (QED) is 0.564. The van der Waals surface area contributed by atoms with E-state index in [2.05, 4.69) is 22.4 Å². The predicted octanol–water partition coefficient (Wildman–Crippen LogP) is 2.04. The summed E-state index contributed by atoms with van der Waals surface area (Å²) in [4.78, 5) is 4.24. The molecule has 2 rings (SSSR count). The van der Waals surface area contributed by atoms with Crippen molar-refractivity contribution in [3.63, 3.8) is 0 Å². The lowest BCUT2D eigenvalue weighted by Crippen LogP contribution is -2.35. The van der Waals surface area contributed by atoms with Crippen LogP contribution in [0, 0.1) is 0 Å². The van der Waals surface area contributed by atoms with E-state index in [0.717, 1.165) is 12.0 Å². The summed E-state index contributed by atoms with van der Waals surface area (Å²) in [5, 5.41) is 13.5.